The fraction of sp³-hybridized carbons (Fsp3) is 0.898. The van der Waals surface area contributed by atoms with Crippen molar-refractivity contribution in [2.75, 3.05) is 6.54 Å². The van der Waals surface area contributed by atoms with Crippen LogP contribution in [0.15, 0.2) is 12.2 Å². The van der Waals surface area contributed by atoms with E-state index in [2.05, 4.69) is 31.3 Å². The summed E-state index contributed by atoms with van der Waals surface area (Å²) in [4.78, 5) is 35.1. The number of esters is 1. The molecule has 0 aliphatic carbocycles. The zero-order chi connectivity index (χ0) is 40.1. The van der Waals surface area contributed by atoms with Crippen molar-refractivity contribution in [3.05, 3.63) is 12.2 Å². The Morgan fingerprint density at radius 3 is 1.16 bits per heavy atom. The topological polar surface area (TPSA) is 92.7 Å². The number of carbonyl (C=O) groups is 3. The third-order valence-corrected chi connectivity index (χ3v) is 11.2. The highest BCUT2D eigenvalue weighted by Crippen LogP contribution is 2.19. The van der Waals surface area contributed by atoms with Gasteiger partial charge in [0, 0.05) is 12.8 Å². The number of unbranched alkanes of at least 4 members (excludes halogenated alkanes) is 32. The lowest BCUT2D eigenvalue weighted by atomic mass is 10.0. The van der Waals surface area contributed by atoms with Crippen molar-refractivity contribution in [1.29, 1.82) is 0 Å². The van der Waals surface area contributed by atoms with Crippen molar-refractivity contribution in [3.63, 3.8) is 0 Å². The van der Waals surface area contributed by atoms with Crippen LogP contribution in [-0.2, 0) is 19.1 Å². The summed E-state index contributed by atoms with van der Waals surface area (Å²) < 4.78 is 6.04. The van der Waals surface area contributed by atoms with Crippen LogP contribution < -0.4 is 5.32 Å². The van der Waals surface area contributed by atoms with Gasteiger partial charge >= 0.3 is 11.9 Å². The lowest BCUT2D eigenvalue weighted by Crippen LogP contribution is -2.28. The van der Waals surface area contributed by atoms with E-state index in [-0.39, 0.29) is 24.5 Å². The third kappa shape index (κ3) is 44.7. The van der Waals surface area contributed by atoms with Gasteiger partial charge in [-0.1, -0.05) is 206 Å². The Labute approximate surface area is 342 Å². The van der Waals surface area contributed by atoms with Crippen molar-refractivity contribution in [3.8, 4) is 0 Å². The molecule has 0 aromatic rings. The number of aliphatic carboxylic acids is 1. The van der Waals surface area contributed by atoms with E-state index in [4.69, 9.17) is 9.84 Å². The lowest BCUT2D eigenvalue weighted by molar-refractivity contribution is -0.150. The lowest BCUT2D eigenvalue weighted by Gasteiger charge is -2.18. The van der Waals surface area contributed by atoms with E-state index in [9.17, 15) is 14.4 Å². The van der Waals surface area contributed by atoms with Gasteiger partial charge in [-0.15, -0.1) is 0 Å². The highest BCUT2D eigenvalue weighted by atomic mass is 16.5. The Balaban J connectivity index is 3.95. The van der Waals surface area contributed by atoms with Crippen molar-refractivity contribution in [1.82, 2.24) is 5.32 Å². The second-order valence-electron chi connectivity index (χ2n) is 16.7. The van der Waals surface area contributed by atoms with Crippen molar-refractivity contribution < 1.29 is 24.2 Å². The Morgan fingerprint density at radius 1 is 0.455 bits per heavy atom. The first-order valence-electron chi connectivity index (χ1n) is 24.3. The molecule has 0 saturated carbocycles. The molecule has 0 aromatic heterocycles. The molecule has 1 atom stereocenters. The first-order valence-corrected chi connectivity index (χ1v) is 24.3. The van der Waals surface area contributed by atoms with Gasteiger partial charge in [0.1, 0.15) is 12.6 Å². The summed E-state index contributed by atoms with van der Waals surface area (Å²) >= 11 is 0. The third-order valence-electron chi connectivity index (χ3n) is 11.2. The second-order valence-corrected chi connectivity index (χ2v) is 16.7. The maximum atomic E-state index is 12.8. The fourth-order valence-corrected chi connectivity index (χ4v) is 7.57. The van der Waals surface area contributed by atoms with Crippen LogP contribution in [0.3, 0.4) is 0 Å². The highest BCUT2D eigenvalue weighted by Gasteiger charge is 2.14. The molecule has 0 aromatic carbocycles. The Kier molecular flexibility index (Phi) is 43.4. The minimum absolute atomic E-state index is 0.0107. The van der Waals surface area contributed by atoms with Crippen LogP contribution in [-0.4, -0.2) is 35.6 Å². The molecule has 0 aliphatic heterocycles. The number of nitrogens with one attached hydrogen (secondary N) is 1. The molecule has 0 saturated heterocycles. The number of ether oxygens (including phenoxy) is 1. The normalized spacial score (nSPS) is 12.0. The predicted molar refractivity (Wildman–Crippen MR) is 236 cm³/mol. The summed E-state index contributed by atoms with van der Waals surface area (Å²) in [5.41, 5.74) is 0. The van der Waals surface area contributed by atoms with Gasteiger partial charge < -0.3 is 15.2 Å². The number of carbonyl (C=O) groups excluding carboxylic acids is 2. The number of hydrogen-bond donors (Lipinski definition) is 2. The standard InChI is InChI=1S/C49H93NO5/c1-3-5-7-9-11-13-15-16-17-18-19-20-21-22-23-24-25-26-27-29-31-36-40-44-49(54)55-46(41-37-33-30-28-14-12-10-8-6-4-2)42-38-34-32-35-39-43-47(51)50-45-48(52)53/h18-19,46H,3-17,20-45H2,1-2H3,(H,50,51)(H,52,53)/b19-18-. The van der Waals surface area contributed by atoms with Crippen LogP contribution in [0.5, 0.6) is 0 Å². The monoisotopic (exact) mass is 776 g/mol. The van der Waals surface area contributed by atoms with Gasteiger partial charge in [0.2, 0.25) is 5.91 Å². The summed E-state index contributed by atoms with van der Waals surface area (Å²) in [6, 6.07) is 0. The number of hydrogen-bond acceptors (Lipinski definition) is 4. The largest absolute Gasteiger partial charge is 0.480 e. The molecule has 1 amide bonds. The first kappa shape index (κ1) is 53.1. The average Bonchev–Trinajstić information content (AvgIpc) is 3.17. The van der Waals surface area contributed by atoms with E-state index in [1.54, 1.807) is 0 Å². The van der Waals surface area contributed by atoms with E-state index in [1.165, 1.54) is 180 Å². The van der Waals surface area contributed by atoms with E-state index in [0.29, 0.717) is 12.8 Å². The molecule has 1 unspecified atom stereocenters. The SMILES string of the molecule is CCCCCCCCCC/C=C\CCCCCCCCCCCCCC(=O)OC(CCCCCCCCCCCC)CCCCCCCC(=O)NCC(=O)O. The molecule has 55 heavy (non-hydrogen) atoms. The number of allylic oxidation sites excluding steroid dienone is 2. The molecule has 6 heteroatoms. The molecule has 0 bridgehead atoms. The van der Waals surface area contributed by atoms with Crippen LogP contribution in [0, 0.1) is 0 Å². The van der Waals surface area contributed by atoms with E-state index in [0.717, 1.165) is 64.2 Å². The fourth-order valence-electron chi connectivity index (χ4n) is 7.57. The maximum Gasteiger partial charge on any atom is 0.322 e. The average molecular weight is 776 g/mol. The molecular formula is C49H93NO5. The molecule has 0 aliphatic rings. The number of carboxylic acids is 1. The molecule has 0 rings (SSSR count). The van der Waals surface area contributed by atoms with Gasteiger partial charge in [0.05, 0.1) is 0 Å². The second kappa shape index (κ2) is 44.9. The van der Waals surface area contributed by atoms with E-state index >= 15 is 0 Å². The molecule has 324 valence electrons. The van der Waals surface area contributed by atoms with Gasteiger partial charge in [-0.05, 0) is 64.2 Å². The number of carboxylic acid groups (broad SMARTS) is 1. The summed E-state index contributed by atoms with van der Waals surface area (Å²) in [7, 11) is 0. The zero-order valence-electron chi connectivity index (χ0n) is 36.8. The predicted octanol–water partition coefficient (Wildman–Crippen LogP) is 15.3. The zero-order valence-corrected chi connectivity index (χ0v) is 36.8. The van der Waals surface area contributed by atoms with Crippen LogP contribution in [0.2, 0.25) is 0 Å². The maximum absolute atomic E-state index is 12.8. The minimum Gasteiger partial charge on any atom is -0.480 e. The summed E-state index contributed by atoms with van der Waals surface area (Å²) in [6.07, 6.45) is 53.6. The van der Waals surface area contributed by atoms with Crippen molar-refractivity contribution in [2.45, 2.75) is 277 Å². The Hall–Kier alpha value is -1.85. The van der Waals surface area contributed by atoms with Gasteiger partial charge in [-0.25, -0.2) is 0 Å². The van der Waals surface area contributed by atoms with Crippen LogP contribution in [0.4, 0.5) is 0 Å². The van der Waals surface area contributed by atoms with Gasteiger partial charge in [-0.2, -0.15) is 0 Å². The van der Waals surface area contributed by atoms with Crippen molar-refractivity contribution in [2.24, 2.45) is 0 Å². The van der Waals surface area contributed by atoms with E-state index < -0.39 is 5.97 Å². The molecule has 0 heterocycles. The summed E-state index contributed by atoms with van der Waals surface area (Å²) in [6.45, 7) is 4.25. The molecule has 0 fully saturated rings. The smallest absolute Gasteiger partial charge is 0.322 e. The van der Waals surface area contributed by atoms with Crippen LogP contribution in [0.25, 0.3) is 0 Å². The van der Waals surface area contributed by atoms with E-state index in [1.807, 2.05) is 0 Å². The van der Waals surface area contributed by atoms with Gasteiger partial charge in [0.15, 0.2) is 0 Å². The highest BCUT2D eigenvalue weighted by molar-refractivity contribution is 5.80. The summed E-state index contributed by atoms with van der Waals surface area (Å²) in [5, 5.41) is 11.1. The summed E-state index contributed by atoms with van der Waals surface area (Å²) in [5.74, 6) is -1.21. The molecule has 0 radical (unpaired) electrons. The van der Waals surface area contributed by atoms with Gasteiger partial charge in [0.25, 0.3) is 0 Å². The van der Waals surface area contributed by atoms with Gasteiger partial charge in [-0.3, -0.25) is 14.4 Å². The van der Waals surface area contributed by atoms with Crippen molar-refractivity contribution >= 4 is 17.8 Å². The Bertz CT molecular complexity index is 858. The number of amides is 1. The minimum atomic E-state index is -1.01. The molecule has 0 spiro atoms. The molecule has 6 nitrogen and oxygen atoms in total. The number of rotatable bonds is 45. The Morgan fingerprint density at radius 2 is 0.782 bits per heavy atom. The van der Waals surface area contributed by atoms with Crippen LogP contribution >= 0.6 is 0 Å². The first-order chi connectivity index (χ1) is 27.0. The molecular weight excluding hydrogens is 683 g/mol. The molecule has 2 N–H and O–H groups in total. The van der Waals surface area contributed by atoms with Crippen LogP contribution in [0.1, 0.15) is 271 Å². The quantitative estimate of drug-likeness (QED) is 0.0365.